The molecule has 1 aliphatic heterocycles. The molecule has 2 N–H and O–H groups in total. The van der Waals surface area contributed by atoms with E-state index in [4.69, 9.17) is 16.3 Å². The van der Waals surface area contributed by atoms with E-state index < -0.39 is 16.1 Å². The number of ether oxygens (including phenoxy) is 1. The summed E-state index contributed by atoms with van der Waals surface area (Å²) in [5.41, 5.74) is 2.80. The van der Waals surface area contributed by atoms with Crippen molar-refractivity contribution < 1.29 is 17.9 Å². The summed E-state index contributed by atoms with van der Waals surface area (Å²) in [5, 5.41) is 3.39. The molecule has 0 aliphatic carbocycles. The highest BCUT2D eigenvalue weighted by Gasteiger charge is 2.29. The lowest BCUT2D eigenvalue weighted by Gasteiger charge is -2.12. The Bertz CT molecular complexity index is 1190. The van der Waals surface area contributed by atoms with Crippen molar-refractivity contribution in [2.45, 2.75) is 24.3 Å². The first-order valence-corrected chi connectivity index (χ1v) is 11.1. The maximum Gasteiger partial charge on any atom is 0.265 e. The molecule has 8 heteroatoms. The highest BCUT2D eigenvalue weighted by atomic mass is 35.5. The molecule has 0 bridgehead atoms. The Labute approximate surface area is 179 Å². The van der Waals surface area contributed by atoms with Gasteiger partial charge in [0.25, 0.3) is 15.9 Å². The normalized spacial score (nSPS) is 15.2. The van der Waals surface area contributed by atoms with Gasteiger partial charge in [-0.15, -0.1) is 0 Å². The van der Waals surface area contributed by atoms with E-state index in [1.807, 2.05) is 6.92 Å². The number of halogens is 1. The number of fused-ring (bicyclic) bond motifs is 1. The number of aryl methyl sites for hydroxylation is 1. The number of nitrogens with one attached hydrogen (secondary N) is 2. The van der Waals surface area contributed by atoms with E-state index >= 15 is 0 Å². The van der Waals surface area contributed by atoms with Crippen LogP contribution in [0.2, 0.25) is 5.02 Å². The lowest BCUT2D eigenvalue weighted by Crippen LogP contribution is -2.31. The van der Waals surface area contributed by atoms with Crippen LogP contribution in [0.25, 0.3) is 0 Å². The lowest BCUT2D eigenvalue weighted by molar-refractivity contribution is -0.122. The second-order valence-corrected chi connectivity index (χ2v) is 9.17. The highest BCUT2D eigenvalue weighted by Crippen LogP contribution is 2.31. The van der Waals surface area contributed by atoms with Crippen LogP contribution in [0.15, 0.2) is 71.6 Å². The van der Waals surface area contributed by atoms with Gasteiger partial charge < -0.3 is 10.1 Å². The quantitative estimate of drug-likeness (QED) is 0.613. The van der Waals surface area contributed by atoms with Gasteiger partial charge in [-0.2, -0.15) is 0 Å². The smallest absolute Gasteiger partial charge is 0.265 e. The Balaban J connectivity index is 1.39. The number of carbonyl (C=O) groups is 1. The minimum atomic E-state index is -3.68. The highest BCUT2D eigenvalue weighted by molar-refractivity contribution is 7.92. The molecule has 0 saturated heterocycles. The molecule has 30 heavy (non-hydrogen) atoms. The molecule has 0 fully saturated rings. The molecule has 0 saturated carbocycles. The molecule has 3 aromatic rings. The molecule has 1 amide bonds. The molecule has 6 nitrogen and oxygen atoms in total. The van der Waals surface area contributed by atoms with Crippen LogP contribution in [-0.2, 0) is 21.2 Å². The van der Waals surface area contributed by atoms with Crippen LogP contribution in [0, 0.1) is 6.92 Å². The summed E-state index contributed by atoms with van der Waals surface area (Å²) in [7, 11) is -3.68. The van der Waals surface area contributed by atoms with Crippen LogP contribution in [0.4, 0.5) is 11.4 Å². The zero-order valence-electron chi connectivity index (χ0n) is 16.1. The molecule has 1 atom stereocenters. The van der Waals surface area contributed by atoms with E-state index in [0.29, 0.717) is 28.6 Å². The van der Waals surface area contributed by atoms with Gasteiger partial charge in [0, 0.05) is 22.8 Å². The maximum absolute atomic E-state index is 12.5. The fourth-order valence-electron chi connectivity index (χ4n) is 3.14. The van der Waals surface area contributed by atoms with Crippen LogP contribution >= 0.6 is 11.6 Å². The van der Waals surface area contributed by atoms with Crippen molar-refractivity contribution in [1.29, 1.82) is 0 Å². The molecular weight excluding hydrogens is 424 g/mol. The third-order valence-electron chi connectivity index (χ3n) is 4.73. The Morgan fingerprint density at radius 3 is 2.37 bits per heavy atom. The minimum absolute atomic E-state index is 0.184. The number of hydrogen-bond donors (Lipinski definition) is 2. The molecule has 4 rings (SSSR count). The van der Waals surface area contributed by atoms with Crippen LogP contribution in [0.1, 0.15) is 11.1 Å². The third kappa shape index (κ3) is 4.42. The second kappa shape index (κ2) is 8.01. The van der Waals surface area contributed by atoms with Crippen molar-refractivity contribution in [2.75, 3.05) is 10.0 Å². The van der Waals surface area contributed by atoms with Crippen molar-refractivity contribution in [3.8, 4) is 5.75 Å². The van der Waals surface area contributed by atoms with Gasteiger partial charge >= 0.3 is 0 Å². The molecule has 0 aromatic heterocycles. The fraction of sp³-hybridized carbons (Fsp3) is 0.136. The van der Waals surface area contributed by atoms with E-state index in [2.05, 4.69) is 10.0 Å². The van der Waals surface area contributed by atoms with Gasteiger partial charge in [-0.1, -0.05) is 29.3 Å². The number of amides is 1. The van der Waals surface area contributed by atoms with Gasteiger partial charge in [-0.05, 0) is 67.1 Å². The molecule has 3 aromatic carbocycles. The molecule has 1 unspecified atom stereocenters. The number of benzene rings is 3. The number of anilines is 2. The summed E-state index contributed by atoms with van der Waals surface area (Å²) in [4.78, 5) is 12.7. The number of rotatable bonds is 5. The summed E-state index contributed by atoms with van der Waals surface area (Å²) in [6.45, 7) is 1.89. The topological polar surface area (TPSA) is 84.5 Å². The molecule has 0 spiro atoms. The number of carbonyl (C=O) groups excluding carboxylic acids is 1. The van der Waals surface area contributed by atoms with Gasteiger partial charge in [-0.25, -0.2) is 8.42 Å². The first-order chi connectivity index (χ1) is 14.3. The Kier molecular flexibility index (Phi) is 5.40. The summed E-state index contributed by atoms with van der Waals surface area (Å²) in [6.07, 6.45) is -0.200. The average molecular weight is 443 g/mol. The van der Waals surface area contributed by atoms with Gasteiger partial charge in [0.1, 0.15) is 5.75 Å². The Morgan fingerprint density at radius 1 is 1.00 bits per heavy atom. The van der Waals surface area contributed by atoms with E-state index in [1.165, 1.54) is 0 Å². The molecular formula is C22H19ClN2O4S. The Morgan fingerprint density at radius 2 is 1.67 bits per heavy atom. The van der Waals surface area contributed by atoms with Crippen molar-refractivity contribution in [3.63, 3.8) is 0 Å². The zero-order chi connectivity index (χ0) is 21.3. The van der Waals surface area contributed by atoms with Crippen molar-refractivity contribution in [3.05, 3.63) is 82.9 Å². The maximum atomic E-state index is 12.5. The molecule has 154 valence electrons. The van der Waals surface area contributed by atoms with Crippen LogP contribution in [0.3, 0.4) is 0 Å². The van der Waals surface area contributed by atoms with Crippen LogP contribution < -0.4 is 14.8 Å². The van der Waals surface area contributed by atoms with E-state index in [0.717, 1.165) is 11.1 Å². The third-order valence-corrected chi connectivity index (χ3v) is 6.36. The lowest BCUT2D eigenvalue weighted by atomic mass is 10.1. The van der Waals surface area contributed by atoms with Gasteiger partial charge in [0.05, 0.1) is 4.90 Å². The molecule has 1 heterocycles. The SMILES string of the molecule is Cc1ccc(S(=O)(=O)Nc2ccc(NC(=O)C3Cc4cc(Cl)ccc4O3)cc2)cc1. The monoisotopic (exact) mass is 442 g/mol. The number of sulfonamides is 1. The predicted molar refractivity (Wildman–Crippen MR) is 117 cm³/mol. The summed E-state index contributed by atoms with van der Waals surface area (Å²) in [5.74, 6) is 0.371. The first kappa shape index (κ1) is 20.3. The van der Waals surface area contributed by atoms with E-state index in [-0.39, 0.29) is 10.8 Å². The predicted octanol–water partition coefficient (Wildman–Crippen LogP) is 4.39. The van der Waals surface area contributed by atoms with Crippen LogP contribution in [-0.4, -0.2) is 20.4 Å². The zero-order valence-corrected chi connectivity index (χ0v) is 17.6. The largest absolute Gasteiger partial charge is 0.480 e. The average Bonchev–Trinajstić information content (AvgIpc) is 3.13. The Hall–Kier alpha value is -3.03. The summed E-state index contributed by atoms with van der Waals surface area (Å²) < 4.78 is 33.2. The van der Waals surface area contributed by atoms with Gasteiger partial charge in [-0.3, -0.25) is 9.52 Å². The van der Waals surface area contributed by atoms with Gasteiger partial charge in [0.2, 0.25) is 0 Å². The molecule has 1 aliphatic rings. The first-order valence-electron chi connectivity index (χ1n) is 9.26. The van der Waals surface area contributed by atoms with E-state index in [9.17, 15) is 13.2 Å². The minimum Gasteiger partial charge on any atom is -0.480 e. The van der Waals surface area contributed by atoms with Crippen LogP contribution in [0.5, 0.6) is 5.75 Å². The standard InChI is InChI=1S/C22H19ClN2O4S/c1-14-2-9-19(10-3-14)30(27,28)25-18-7-5-17(6-8-18)24-22(26)21-13-15-12-16(23)4-11-20(15)29-21/h2-12,21,25H,13H2,1H3,(H,24,26). The van der Waals surface area contributed by atoms with Gasteiger partial charge in [0.15, 0.2) is 6.10 Å². The summed E-state index contributed by atoms with van der Waals surface area (Å²) in [6, 6.07) is 18.3. The van der Waals surface area contributed by atoms with E-state index in [1.54, 1.807) is 66.7 Å². The van der Waals surface area contributed by atoms with Crippen molar-refractivity contribution >= 4 is 38.9 Å². The number of hydrogen-bond acceptors (Lipinski definition) is 4. The summed E-state index contributed by atoms with van der Waals surface area (Å²) >= 11 is 5.98. The fourth-order valence-corrected chi connectivity index (χ4v) is 4.39. The second-order valence-electron chi connectivity index (χ2n) is 7.05. The van der Waals surface area contributed by atoms with Crippen molar-refractivity contribution in [1.82, 2.24) is 0 Å². The van der Waals surface area contributed by atoms with Crippen molar-refractivity contribution in [2.24, 2.45) is 0 Å². The molecule has 0 radical (unpaired) electrons.